The van der Waals surface area contributed by atoms with Crippen LogP contribution in [0.15, 0.2) is 59.0 Å². The summed E-state index contributed by atoms with van der Waals surface area (Å²) < 4.78 is 24.2. The molecule has 1 atom stereocenters. The van der Waals surface area contributed by atoms with Crippen molar-refractivity contribution < 1.29 is 18.7 Å². The molecule has 3 rings (SSSR count). The molecule has 108 valence electrons. The van der Waals surface area contributed by atoms with Crippen LogP contribution in [0.1, 0.15) is 18.3 Å². The van der Waals surface area contributed by atoms with Gasteiger partial charge in [-0.3, -0.25) is 0 Å². The monoisotopic (exact) mass is 286 g/mol. The smallest absolute Gasteiger partial charge is 0.134 e. The van der Waals surface area contributed by atoms with Gasteiger partial charge in [-0.2, -0.15) is 0 Å². The number of aliphatic hydroxyl groups is 1. The van der Waals surface area contributed by atoms with E-state index in [1.165, 1.54) is 12.1 Å². The summed E-state index contributed by atoms with van der Waals surface area (Å²) in [5.74, 6) is 0.861. The van der Waals surface area contributed by atoms with Crippen molar-refractivity contribution in [1.29, 1.82) is 0 Å². The average Bonchev–Trinajstić information content (AvgIpc) is 2.91. The SMILES string of the molecule is OC(CCOc1ccccc1)c1cc2cc(F)ccc2o1. The number of hydrogen-bond donors (Lipinski definition) is 1. The van der Waals surface area contributed by atoms with Crippen LogP contribution in [0.4, 0.5) is 4.39 Å². The zero-order valence-corrected chi connectivity index (χ0v) is 11.3. The second-order valence-corrected chi connectivity index (χ2v) is 4.80. The summed E-state index contributed by atoms with van der Waals surface area (Å²) in [7, 11) is 0. The van der Waals surface area contributed by atoms with Crippen LogP contribution in [0, 0.1) is 5.82 Å². The van der Waals surface area contributed by atoms with E-state index in [-0.39, 0.29) is 5.82 Å². The first-order chi connectivity index (χ1) is 10.2. The number of rotatable bonds is 5. The highest BCUT2D eigenvalue weighted by molar-refractivity contribution is 5.77. The number of hydrogen-bond acceptors (Lipinski definition) is 3. The fourth-order valence-electron chi connectivity index (χ4n) is 2.15. The minimum atomic E-state index is -0.774. The first kappa shape index (κ1) is 13.6. The van der Waals surface area contributed by atoms with Crippen LogP contribution in [-0.2, 0) is 0 Å². The van der Waals surface area contributed by atoms with Gasteiger partial charge in [0.25, 0.3) is 0 Å². The van der Waals surface area contributed by atoms with Crippen LogP contribution >= 0.6 is 0 Å². The molecule has 3 nitrogen and oxygen atoms in total. The molecular weight excluding hydrogens is 271 g/mol. The fraction of sp³-hybridized carbons (Fsp3) is 0.176. The molecule has 0 radical (unpaired) electrons. The molecule has 1 heterocycles. The molecule has 0 aliphatic carbocycles. The summed E-state index contributed by atoms with van der Waals surface area (Å²) >= 11 is 0. The van der Waals surface area contributed by atoms with Crippen LogP contribution in [-0.4, -0.2) is 11.7 Å². The van der Waals surface area contributed by atoms with Crippen molar-refractivity contribution in [2.24, 2.45) is 0 Å². The van der Waals surface area contributed by atoms with Gasteiger partial charge in [0.1, 0.15) is 29.0 Å². The van der Waals surface area contributed by atoms with E-state index in [2.05, 4.69) is 0 Å². The van der Waals surface area contributed by atoms with Crippen molar-refractivity contribution in [2.45, 2.75) is 12.5 Å². The number of aliphatic hydroxyl groups excluding tert-OH is 1. The van der Waals surface area contributed by atoms with Crippen LogP contribution in [0.2, 0.25) is 0 Å². The predicted molar refractivity (Wildman–Crippen MR) is 77.7 cm³/mol. The maximum Gasteiger partial charge on any atom is 0.134 e. The Morgan fingerprint density at radius 1 is 1.10 bits per heavy atom. The molecule has 4 heteroatoms. The lowest BCUT2D eigenvalue weighted by molar-refractivity contribution is 0.120. The second-order valence-electron chi connectivity index (χ2n) is 4.80. The third-order valence-corrected chi connectivity index (χ3v) is 3.23. The lowest BCUT2D eigenvalue weighted by Crippen LogP contribution is -2.04. The molecule has 0 saturated heterocycles. The van der Waals surface area contributed by atoms with Crippen molar-refractivity contribution in [3.8, 4) is 5.75 Å². The quantitative estimate of drug-likeness (QED) is 0.768. The van der Waals surface area contributed by atoms with Gasteiger partial charge in [0, 0.05) is 11.8 Å². The van der Waals surface area contributed by atoms with E-state index in [0.717, 1.165) is 5.75 Å². The largest absolute Gasteiger partial charge is 0.493 e. The molecule has 1 N–H and O–H groups in total. The van der Waals surface area contributed by atoms with E-state index < -0.39 is 6.10 Å². The molecule has 0 amide bonds. The first-order valence-electron chi connectivity index (χ1n) is 6.77. The van der Waals surface area contributed by atoms with Gasteiger partial charge >= 0.3 is 0 Å². The Morgan fingerprint density at radius 3 is 2.71 bits per heavy atom. The Kier molecular flexibility index (Phi) is 3.88. The molecule has 2 aromatic carbocycles. The number of furan rings is 1. The lowest BCUT2D eigenvalue weighted by Gasteiger charge is -2.09. The molecule has 3 aromatic rings. The summed E-state index contributed by atoms with van der Waals surface area (Å²) in [6, 6.07) is 15.3. The summed E-state index contributed by atoms with van der Waals surface area (Å²) in [5, 5.41) is 10.7. The summed E-state index contributed by atoms with van der Waals surface area (Å²) in [6.45, 7) is 0.372. The van der Waals surface area contributed by atoms with E-state index in [4.69, 9.17) is 9.15 Å². The van der Waals surface area contributed by atoms with Gasteiger partial charge in [-0.25, -0.2) is 4.39 Å². The van der Waals surface area contributed by atoms with E-state index in [0.29, 0.717) is 29.8 Å². The number of para-hydroxylation sites is 1. The van der Waals surface area contributed by atoms with Gasteiger partial charge in [-0.05, 0) is 36.4 Å². The maximum atomic E-state index is 13.1. The normalized spacial score (nSPS) is 12.5. The Labute approximate surface area is 121 Å². The first-order valence-corrected chi connectivity index (χ1v) is 6.77. The molecule has 1 aromatic heterocycles. The van der Waals surface area contributed by atoms with Gasteiger partial charge in [0.2, 0.25) is 0 Å². The van der Waals surface area contributed by atoms with Gasteiger partial charge in [-0.1, -0.05) is 18.2 Å². The van der Waals surface area contributed by atoms with Gasteiger partial charge in [-0.15, -0.1) is 0 Å². The Morgan fingerprint density at radius 2 is 1.90 bits per heavy atom. The number of benzene rings is 2. The fourth-order valence-corrected chi connectivity index (χ4v) is 2.15. The highest BCUT2D eigenvalue weighted by Gasteiger charge is 2.14. The third-order valence-electron chi connectivity index (χ3n) is 3.23. The minimum Gasteiger partial charge on any atom is -0.493 e. The Balaban J connectivity index is 1.62. The number of fused-ring (bicyclic) bond motifs is 1. The zero-order valence-electron chi connectivity index (χ0n) is 11.3. The Hall–Kier alpha value is -2.33. The molecule has 21 heavy (non-hydrogen) atoms. The van der Waals surface area contributed by atoms with Crippen molar-refractivity contribution >= 4 is 11.0 Å². The molecule has 1 unspecified atom stereocenters. The molecule has 0 aliphatic rings. The third kappa shape index (κ3) is 3.23. The van der Waals surface area contributed by atoms with Crippen LogP contribution < -0.4 is 4.74 Å². The van der Waals surface area contributed by atoms with Gasteiger partial charge in [0.15, 0.2) is 0 Å². The highest BCUT2D eigenvalue weighted by Crippen LogP contribution is 2.26. The molecule has 0 fully saturated rings. The van der Waals surface area contributed by atoms with Gasteiger partial charge in [0.05, 0.1) is 6.61 Å². The van der Waals surface area contributed by atoms with Crippen LogP contribution in [0.5, 0.6) is 5.75 Å². The lowest BCUT2D eigenvalue weighted by atomic mass is 10.2. The molecule has 0 bridgehead atoms. The van der Waals surface area contributed by atoms with E-state index in [9.17, 15) is 9.50 Å². The molecule has 0 saturated carbocycles. The van der Waals surface area contributed by atoms with Crippen molar-refractivity contribution in [1.82, 2.24) is 0 Å². The highest BCUT2D eigenvalue weighted by atomic mass is 19.1. The standard InChI is InChI=1S/C17H15FO3/c18-13-6-7-16-12(10-13)11-17(21-16)15(19)8-9-20-14-4-2-1-3-5-14/h1-7,10-11,15,19H,8-9H2. The van der Waals surface area contributed by atoms with Crippen LogP contribution in [0.25, 0.3) is 11.0 Å². The van der Waals surface area contributed by atoms with Crippen molar-refractivity contribution in [3.05, 3.63) is 66.2 Å². The molecule has 0 aliphatic heterocycles. The summed E-state index contributed by atoms with van der Waals surface area (Å²) in [6.07, 6.45) is -0.374. The minimum absolute atomic E-state index is 0.322. The second kappa shape index (κ2) is 5.97. The van der Waals surface area contributed by atoms with Crippen LogP contribution in [0.3, 0.4) is 0 Å². The van der Waals surface area contributed by atoms with Crippen molar-refractivity contribution in [3.63, 3.8) is 0 Å². The average molecular weight is 286 g/mol. The van der Waals surface area contributed by atoms with Gasteiger partial charge < -0.3 is 14.3 Å². The number of ether oxygens (including phenoxy) is 1. The number of halogens is 1. The maximum absolute atomic E-state index is 13.1. The van der Waals surface area contributed by atoms with E-state index >= 15 is 0 Å². The predicted octanol–water partition coefficient (Wildman–Crippen LogP) is 4.07. The van der Waals surface area contributed by atoms with Crippen molar-refractivity contribution in [2.75, 3.05) is 6.61 Å². The summed E-state index contributed by atoms with van der Waals surface area (Å²) in [5.41, 5.74) is 0.564. The zero-order chi connectivity index (χ0) is 14.7. The van der Waals surface area contributed by atoms with E-state index in [1.54, 1.807) is 12.1 Å². The summed E-state index contributed by atoms with van der Waals surface area (Å²) in [4.78, 5) is 0. The molecular formula is C17H15FO3. The van der Waals surface area contributed by atoms with E-state index in [1.807, 2.05) is 30.3 Å². The Bertz CT molecular complexity index is 721. The molecule has 0 spiro atoms. The topological polar surface area (TPSA) is 42.6 Å².